The Hall–Kier alpha value is -2.25. The van der Waals surface area contributed by atoms with E-state index in [2.05, 4.69) is 10.3 Å². The predicted molar refractivity (Wildman–Crippen MR) is 79.8 cm³/mol. The maximum atomic E-state index is 13.5. The summed E-state index contributed by atoms with van der Waals surface area (Å²) in [5, 5.41) is 15.3. The van der Waals surface area contributed by atoms with Gasteiger partial charge in [0.2, 0.25) is 0 Å². The number of carbonyl (C=O) groups excluding carboxylic acids is 1. The molecule has 0 aliphatic heterocycles. The van der Waals surface area contributed by atoms with E-state index in [1.165, 1.54) is 11.3 Å². The van der Waals surface area contributed by atoms with Crippen LogP contribution in [0, 0.1) is 11.6 Å². The van der Waals surface area contributed by atoms with Gasteiger partial charge in [-0.15, -0.1) is 11.3 Å². The van der Waals surface area contributed by atoms with Crippen molar-refractivity contribution >= 4 is 27.5 Å². The van der Waals surface area contributed by atoms with Crippen LogP contribution >= 0.6 is 11.3 Å². The number of amides is 1. The molecule has 0 bridgehead atoms. The predicted octanol–water partition coefficient (Wildman–Crippen LogP) is 2.97. The molecule has 1 unspecified atom stereocenters. The van der Waals surface area contributed by atoms with Crippen LogP contribution in [0.5, 0.6) is 0 Å². The second-order valence-electron chi connectivity index (χ2n) is 4.78. The van der Waals surface area contributed by atoms with Crippen LogP contribution in [0.15, 0.2) is 35.7 Å². The number of halogens is 2. The Kier molecular flexibility index (Phi) is 3.91. The number of nitrogens with one attached hydrogen (secondary N) is 2. The highest BCUT2D eigenvalue weighted by Crippen LogP contribution is 2.21. The van der Waals surface area contributed by atoms with Gasteiger partial charge in [0, 0.05) is 23.6 Å². The number of aliphatic hydroxyl groups excluding tert-OH is 1. The number of hydrogen-bond donors (Lipinski definition) is 3. The van der Waals surface area contributed by atoms with Gasteiger partial charge < -0.3 is 15.4 Å². The second kappa shape index (κ2) is 5.86. The molecule has 1 atom stereocenters. The molecular formula is C15H12F2N2O2S. The largest absolute Gasteiger partial charge is 0.386 e. The fraction of sp³-hybridized carbons (Fsp3) is 0.133. The lowest BCUT2D eigenvalue weighted by Gasteiger charge is -2.12. The van der Waals surface area contributed by atoms with Gasteiger partial charge in [-0.2, -0.15) is 0 Å². The summed E-state index contributed by atoms with van der Waals surface area (Å²) in [4.78, 5) is 15.8. The van der Waals surface area contributed by atoms with Gasteiger partial charge in [-0.1, -0.05) is 6.07 Å². The Morgan fingerprint density at radius 1 is 1.32 bits per heavy atom. The quantitative estimate of drug-likeness (QED) is 0.691. The maximum Gasteiger partial charge on any atom is 0.267 e. The minimum atomic E-state index is -1.25. The van der Waals surface area contributed by atoms with E-state index in [4.69, 9.17) is 0 Å². The lowest BCUT2D eigenvalue weighted by Crippen LogP contribution is -2.29. The number of benzene rings is 1. The second-order valence-corrected chi connectivity index (χ2v) is 5.70. The van der Waals surface area contributed by atoms with E-state index in [-0.39, 0.29) is 12.1 Å². The number of aliphatic hydroxyl groups is 1. The molecule has 3 aromatic rings. The Morgan fingerprint density at radius 2 is 2.14 bits per heavy atom. The molecule has 0 aliphatic carbocycles. The van der Waals surface area contributed by atoms with Crippen molar-refractivity contribution in [3.05, 3.63) is 58.6 Å². The molecule has 3 N–H and O–H groups in total. The van der Waals surface area contributed by atoms with Gasteiger partial charge in [-0.3, -0.25) is 4.79 Å². The van der Waals surface area contributed by atoms with E-state index < -0.39 is 23.6 Å². The first-order valence-electron chi connectivity index (χ1n) is 6.52. The van der Waals surface area contributed by atoms with Crippen molar-refractivity contribution in [3.63, 3.8) is 0 Å². The van der Waals surface area contributed by atoms with E-state index in [0.717, 1.165) is 22.3 Å². The van der Waals surface area contributed by atoms with Crippen molar-refractivity contribution in [2.45, 2.75) is 6.10 Å². The molecule has 2 heterocycles. The SMILES string of the molecule is O=C(NCC(O)c1ccc(F)cc1F)c1cc2ccsc2[nH]1. The monoisotopic (exact) mass is 322 g/mol. The number of hydrogen-bond acceptors (Lipinski definition) is 3. The number of rotatable bonds is 4. The van der Waals surface area contributed by atoms with Crippen molar-refractivity contribution in [2.75, 3.05) is 6.54 Å². The number of fused-ring (bicyclic) bond motifs is 1. The summed E-state index contributed by atoms with van der Waals surface area (Å²) >= 11 is 1.48. The topological polar surface area (TPSA) is 65.1 Å². The molecule has 3 rings (SSSR count). The van der Waals surface area contributed by atoms with Crippen molar-refractivity contribution < 1.29 is 18.7 Å². The molecule has 1 amide bonds. The first-order valence-corrected chi connectivity index (χ1v) is 7.40. The Labute approximate surface area is 128 Å². The zero-order valence-corrected chi connectivity index (χ0v) is 12.1. The van der Waals surface area contributed by atoms with Crippen molar-refractivity contribution in [1.29, 1.82) is 0 Å². The van der Waals surface area contributed by atoms with Crippen LogP contribution in [0.1, 0.15) is 22.2 Å². The highest BCUT2D eigenvalue weighted by molar-refractivity contribution is 7.16. The molecule has 0 spiro atoms. The van der Waals surface area contributed by atoms with Gasteiger partial charge in [0.1, 0.15) is 22.2 Å². The summed E-state index contributed by atoms with van der Waals surface area (Å²) in [5.74, 6) is -1.96. The molecule has 0 radical (unpaired) electrons. The van der Waals surface area contributed by atoms with Crippen LogP contribution in [0.25, 0.3) is 10.2 Å². The fourth-order valence-electron chi connectivity index (χ4n) is 2.14. The van der Waals surface area contributed by atoms with Gasteiger partial charge in [0.15, 0.2) is 0 Å². The minimum Gasteiger partial charge on any atom is -0.386 e. The normalized spacial score (nSPS) is 12.5. The molecule has 114 valence electrons. The Morgan fingerprint density at radius 3 is 2.86 bits per heavy atom. The van der Waals surface area contributed by atoms with Gasteiger partial charge >= 0.3 is 0 Å². The zero-order valence-electron chi connectivity index (χ0n) is 11.3. The Bertz CT molecular complexity index is 799. The van der Waals surface area contributed by atoms with Crippen LogP contribution in [0.2, 0.25) is 0 Å². The standard InChI is InChI=1S/C15H12F2N2O2S/c16-9-1-2-10(11(17)6-9)13(20)7-18-14(21)12-5-8-3-4-22-15(8)19-12/h1-6,13,19-20H,7H2,(H,18,21). The molecule has 7 heteroatoms. The van der Waals surface area contributed by atoms with Crippen LogP contribution in [0.4, 0.5) is 8.78 Å². The van der Waals surface area contributed by atoms with E-state index >= 15 is 0 Å². The summed E-state index contributed by atoms with van der Waals surface area (Å²) in [6.45, 7) is -0.173. The highest BCUT2D eigenvalue weighted by Gasteiger charge is 2.16. The third-order valence-corrected chi connectivity index (χ3v) is 4.11. The third kappa shape index (κ3) is 2.86. The summed E-state index contributed by atoms with van der Waals surface area (Å²) in [7, 11) is 0. The van der Waals surface area contributed by atoms with Crippen molar-refractivity contribution in [2.24, 2.45) is 0 Å². The summed E-state index contributed by atoms with van der Waals surface area (Å²) < 4.78 is 26.4. The third-order valence-electron chi connectivity index (χ3n) is 3.27. The fourth-order valence-corrected chi connectivity index (χ4v) is 2.92. The molecule has 2 aromatic heterocycles. The van der Waals surface area contributed by atoms with Gasteiger partial charge in [0.25, 0.3) is 5.91 Å². The molecule has 0 saturated carbocycles. The van der Waals surface area contributed by atoms with E-state index in [1.54, 1.807) is 6.07 Å². The number of aromatic nitrogens is 1. The van der Waals surface area contributed by atoms with E-state index in [9.17, 15) is 18.7 Å². The van der Waals surface area contributed by atoms with Gasteiger partial charge in [-0.25, -0.2) is 8.78 Å². The Balaban J connectivity index is 1.66. The summed E-state index contributed by atoms with van der Waals surface area (Å²) in [6.07, 6.45) is -1.25. The smallest absolute Gasteiger partial charge is 0.267 e. The number of aromatic amines is 1. The van der Waals surface area contributed by atoms with Crippen molar-refractivity contribution in [1.82, 2.24) is 10.3 Å². The summed E-state index contributed by atoms with van der Waals surface area (Å²) in [5.41, 5.74) is 0.308. The lowest BCUT2D eigenvalue weighted by atomic mass is 10.1. The molecule has 0 fully saturated rings. The molecular weight excluding hydrogens is 310 g/mol. The molecule has 0 saturated heterocycles. The number of thiophene rings is 1. The maximum absolute atomic E-state index is 13.5. The average Bonchev–Trinajstić information content (AvgIpc) is 3.05. The van der Waals surface area contributed by atoms with Gasteiger partial charge in [-0.05, 0) is 23.6 Å². The minimum absolute atomic E-state index is 0.0610. The molecule has 4 nitrogen and oxygen atoms in total. The van der Waals surface area contributed by atoms with Crippen LogP contribution in [0.3, 0.4) is 0 Å². The van der Waals surface area contributed by atoms with Crippen LogP contribution in [-0.4, -0.2) is 22.5 Å². The summed E-state index contributed by atoms with van der Waals surface area (Å²) in [6, 6.07) is 6.50. The van der Waals surface area contributed by atoms with Crippen molar-refractivity contribution in [3.8, 4) is 0 Å². The van der Waals surface area contributed by atoms with Crippen LogP contribution in [-0.2, 0) is 0 Å². The van der Waals surface area contributed by atoms with E-state index in [1.807, 2.05) is 11.4 Å². The first kappa shape index (κ1) is 14.7. The van der Waals surface area contributed by atoms with E-state index in [0.29, 0.717) is 11.8 Å². The molecule has 22 heavy (non-hydrogen) atoms. The number of carbonyl (C=O) groups is 1. The van der Waals surface area contributed by atoms with Gasteiger partial charge in [0.05, 0.1) is 6.10 Å². The van der Waals surface area contributed by atoms with Crippen LogP contribution < -0.4 is 5.32 Å². The molecule has 1 aromatic carbocycles. The zero-order chi connectivity index (χ0) is 15.7. The molecule has 0 aliphatic rings. The lowest BCUT2D eigenvalue weighted by molar-refractivity contribution is 0.0910. The highest BCUT2D eigenvalue weighted by atomic mass is 32.1. The first-order chi connectivity index (χ1) is 10.5. The number of H-pyrrole nitrogens is 1. The average molecular weight is 322 g/mol.